The highest BCUT2D eigenvalue weighted by atomic mass is 32.2. The minimum Gasteiger partial charge on any atom is -0.484 e. The largest absolute Gasteiger partial charge is 0.484 e. The molecular formula is C22H23N3O5S. The number of nitrogens with one attached hydrogen (secondary N) is 1. The molecule has 31 heavy (non-hydrogen) atoms. The molecule has 0 bridgehead atoms. The fourth-order valence-electron chi connectivity index (χ4n) is 3.11. The van der Waals surface area contributed by atoms with E-state index >= 15 is 0 Å². The van der Waals surface area contributed by atoms with Gasteiger partial charge in [0.15, 0.2) is 6.61 Å². The van der Waals surface area contributed by atoms with Crippen molar-refractivity contribution in [3.8, 4) is 11.8 Å². The van der Waals surface area contributed by atoms with Crippen molar-refractivity contribution in [2.75, 3.05) is 12.4 Å². The maximum atomic E-state index is 12.8. The number of hydrogen-bond acceptors (Lipinski definition) is 7. The highest BCUT2D eigenvalue weighted by Gasteiger charge is 2.54. The summed E-state index contributed by atoms with van der Waals surface area (Å²) >= 11 is 1.40. The molecule has 8 nitrogen and oxygen atoms in total. The molecule has 2 amide bonds. The summed E-state index contributed by atoms with van der Waals surface area (Å²) in [6.07, 6.45) is 2.76. The lowest BCUT2D eigenvalue weighted by molar-refractivity contribution is -0.159. The minimum atomic E-state index is -0.768. The van der Waals surface area contributed by atoms with E-state index in [1.165, 1.54) is 28.8 Å². The number of para-hydroxylation sites is 1. The zero-order valence-corrected chi connectivity index (χ0v) is 18.3. The van der Waals surface area contributed by atoms with Crippen molar-refractivity contribution in [3.63, 3.8) is 0 Å². The van der Waals surface area contributed by atoms with Gasteiger partial charge in [0.1, 0.15) is 28.5 Å². The van der Waals surface area contributed by atoms with Gasteiger partial charge in [-0.05, 0) is 44.6 Å². The van der Waals surface area contributed by atoms with Crippen molar-refractivity contribution in [2.24, 2.45) is 0 Å². The number of nitriles is 1. The van der Waals surface area contributed by atoms with E-state index in [1.54, 1.807) is 45.0 Å². The maximum absolute atomic E-state index is 12.8. The van der Waals surface area contributed by atoms with Crippen LogP contribution in [-0.2, 0) is 19.1 Å². The van der Waals surface area contributed by atoms with Gasteiger partial charge in [0.25, 0.3) is 11.8 Å². The van der Waals surface area contributed by atoms with Gasteiger partial charge in [-0.15, -0.1) is 11.8 Å². The zero-order valence-electron chi connectivity index (χ0n) is 17.5. The maximum Gasteiger partial charge on any atom is 0.355 e. The molecule has 3 rings (SSSR count). The second-order valence-electron chi connectivity index (χ2n) is 7.89. The highest BCUT2D eigenvalue weighted by molar-refractivity contribution is 8.00. The molecule has 2 aliphatic heterocycles. The molecule has 0 aliphatic carbocycles. The van der Waals surface area contributed by atoms with E-state index in [4.69, 9.17) is 14.7 Å². The smallest absolute Gasteiger partial charge is 0.355 e. The first-order valence-corrected chi connectivity index (χ1v) is 10.7. The molecule has 1 fully saturated rings. The third-order valence-corrected chi connectivity index (χ3v) is 5.68. The second-order valence-corrected chi connectivity index (χ2v) is 9.00. The Morgan fingerprint density at radius 2 is 2.03 bits per heavy atom. The summed E-state index contributed by atoms with van der Waals surface area (Å²) < 4.78 is 10.9. The van der Waals surface area contributed by atoms with E-state index in [2.05, 4.69) is 5.32 Å². The van der Waals surface area contributed by atoms with E-state index in [0.717, 1.165) is 0 Å². The lowest BCUT2D eigenvalue weighted by Gasteiger charge is -2.49. The van der Waals surface area contributed by atoms with Gasteiger partial charge in [-0.2, -0.15) is 5.26 Å². The number of fused-ring (bicyclic) bond motifs is 1. The topological polar surface area (TPSA) is 109 Å². The van der Waals surface area contributed by atoms with Gasteiger partial charge in [0.05, 0.1) is 6.07 Å². The molecule has 0 spiro atoms. The number of benzene rings is 1. The predicted octanol–water partition coefficient (Wildman–Crippen LogP) is 2.14. The van der Waals surface area contributed by atoms with Gasteiger partial charge in [0.2, 0.25) is 0 Å². The van der Waals surface area contributed by atoms with Crippen LogP contribution in [0, 0.1) is 11.3 Å². The van der Waals surface area contributed by atoms with Crippen LogP contribution in [0.15, 0.2) is 53.8 Å². The van der Waals surface area contributed by atoms with Crippen LogP contribution in [0.2, 0.25) is 0 Å². The fraction of sp³-hybridized carbons (Fsp3) is 0.364. The van der Waals surface area contributed by atoms with Crippen LogP contribution >= 0.6 is 11.8 Å². The minimum absolute atomic E-state index is 0.112. The number of hydrogen-bond donors (Lipinski definition) is 1. The Balaban J connectivity index is 1.71. The molecule has 0 saturated carbocycles. The number of amides is 2. The molecule has 1 unspecified atom stereocenters. The molecular weight excluding hydrogens is 418 g/mol. The van der Waals surface area contributed by atoms with Crippen molar-refractivity contribution >= 4 is 29.5 Å². The third-order valence-electron chi connectivity index (χ3n) is 4.38. The Bertz CT molecular complexity index is 975. The van der Waals surface area contributed by atoms with Gasteiger partial charge in [-0.3, -0.25) is 14.5 Å². The van der Waals surface area contributed by atoms with Crippen molar-refractivity contribution in [1.82, 2.24) is 10.2 Å². The molecule has 162 valence electrons. The summed E-state index contributed by atoms with van der Waals surface area (Å²) in [5, 5.41) is 11.1. The van der Waals surface area contributed by atoms with Crippen molar-refractivity contribution in [2.45, 2.75) is 37.8 Å². The quantitative estimate of drug-likeness (QED) is 0.409. The summed E-state index contributed by atoms with van der Waals surface area (Å²) in [7, 11) is 0. The lowest BCUT2D eigenvalue weighted by Crippen LogP contribution is -2.71. The molecule has 2 atom stereocenters. The standard InChI is InChI=1S/C22H23N3O5S/c1-22(2,3)30-21(28)18-14(8-7-11-23)13-31-20-17(19(27)25(18)20)24-16(26)12-29-15-9-5-4-6-10-15/h4-10,17,20H,12-13H2,1-3H3,(H,24,26)/t17?,20-/m1/s1. The van der Waals surface area contributed by atoms with Gasteiger partial charge in [-0.25, -0.2) is 4.79 Å². The lowest BCUT2D eigenvalue weighted by atomic mass is 10.0. The molecule has 1 N–H and O–H groups in total. The number of carbonyl (C=O) groups excluding carboxylic acids is 3. The number of nitrogens with zero attached hydrogens (tertiary/aromatic N) is 2. The Hall–Kier alpha value is -3.25. The number of carbonyl (C=O) groups is 3. The third kappa shape index (κ3) is 5.27. The summed E-state index contributed by atoms with van der Waals surface area (Å²) in [5.74, 6) is -0.528. The Morgan fingerprint density at radius 1 is 1.32 bits per heavy atom. The Morgan fingerprint density at radius 3 is 2.68 bits per heavy atom. The van der Waals surface area contributed by atoms with Crippen molar-refractivity contribution in [3.05, 3.63) is 53.8 Å². The van der Waals surface area contributed by atoms with Crippen LogP contribution in [0.25, 0.3) is 0 Å². The van der Waals surface area contributed by atoms with Crippen molar-refractivity contribution < 1.29 is 23.9 Å². The molecule has 2 aliphatic rings. The molecule has 1 saturated heterocycles. The molecule has 0 radical (unpaired) electrons. The number of rotatable bonds is 6. The van der Waals surface area contributed by atoms with E-state index in [0.29, 0.717) is 17.1 Å². The van der Waals surface area contributed by atoms with Crippen LogP contribution in [-0.4, -0.2) is 52.1 Å². The van der Waals surface area contributed by atoms with Gasteiger partial charge in [0, 0.05) is 11.8 Å². The summed E-state index contributed by atoms with van der Waals surface area (Å²) in [6, 6.07) is 10.0. The van der Waals surface area contributed by atoms with Gasteiger partial charge in [-0.1, -0.05) is 18.2 Å². The van der Waals surface area contributed by atoms with E-state index in [9.17, 15) is 14.4 Å². The Labute approximate surface area is 184 Å². The number of β-lactam (4-membered cyclic amide) rings is 1. The van der Waals surface area contributed by atoms with Gasteiger partial charge >= 0.3 is 5.97 Å². The van der Waals surface area contributed by atoms with E-state index < -0.39 is 34.8 Å². The Kier molecular flexibility index (Phi) is 6.71. The molecule has 1 aromatic rings. The second kappa shape index (κ2) is 9.27. The van der Waals surface area contributed by atoms with Crippen LogP contribution in [0.3, 0.4) is 0 Å². The number of esters is 1. The van der Waals surface area contributed by atoms with Crippen LogP contribution in [0.4, 0.5) is 0 Å². The van der Waals surface area contributed by atoms with Gasteiger partial charge < -0.3 is 14.8 Å². The monoisotopic (exact) mass is 441 g/mol. The van der Waals surface area contributed by atoms with E-state index in [-0.39, 0.29) is 12.3 Å². The number of thioether (sulfide) groups is 1. The molecule has 0 aromatic heterocycles. The molecule has 1 aromatic carbocycles. The first-order chi connectivity index (χ1) is 14.7. The summed E-state index contributed by atoms with van der Waals surface area (Å²) in [4.78, 5) is 39.3. The predicted molar refractivity (Wildman–Crippen MR) is 115 cm³/mol. The average Bonchev–Trinajstić information content (AvgIpc) is 2.73. The summed E-state index contributed by atoms with van der Waals surface area (Å²) in [5.41, 5.74) is -0.103. The normalized spacial score (nSPS) is 20.6. The van der Waals surface area contributed by atoms with Crippen LogP contribution in [0.1, 0.15) is 20.8 Å². The first kappa shape index (κ1) is 22.4. The fourth-order valence-corrected chi connectivity index (χ4v) is 4.42. The summed E-state index contributed by atoms with van der Waals surface area (Å²) in [6.45, 7) is 4.98. The number of allylic oxidation sites excluding steroid dienone is 2. The van der Waals surface area contributed by atoms with Crippen LogP contribution in [0.5, 0.6) is 5.75 Å². The molecule has 2 heterocycles. The molecule has 9 heteroatoms. The highest BCUT2D eigenvalue weighted by Crippen LogP contribution is 2.41. The van der Waals surface area contributed by atoms with Crippen molar-refractivity contribution in [1.29, 1.82) is 5.26 Å². The SMILES string of the molecule is CC(C)(C)OC(=O)C1=C(C=CC#N)CS[C@@H]2C(NC(=O)COc3ccccc3)C(=O)N12. The number of ether oxygens (including phenoxy) is 2. The van der Waals surface area contributed by atoms with E-state index in [1.807, 2.05) is 12.1 Å². The average molecular weight is 442 g/mol. The van der Waals surface area contributed by atoms with Crippen LogP contribution < -0.4 is 10.1 Å². The zero-order chi connectivity index (χ0) is 22.6. The first-order valence-electron chi connectivity index (χ1n) is 9.66.